The van der Waals surface area contributed by atoms with Crippen molar-refractivity contribution in [1.82, 2.24) is 4.98 Å². The van der Waals surface area contributed by atoms with Crippen LogP contribution in [0.1, 0.15) is 51.4 Å². The number of thioether (sulfide) groups is 1. The van der Waals surface area contributed by atoms with Gasteiger partial charge in [0.1, 0.15) is 5.69 Å². The molecule has 0 fully saturated rings. The molecule has 2 aromatic carbocycles. The van der Waals surface area contributed by atoms with Crippen molar-refractivity contribution in [2.45, 2.75) is 56.6 Å². The summed E-state index contributed by atoms with van der Waals surface area (Å²) in [5.41, 5.74) is 2.69. The number of hydrogen-bond donors (Lipinski definition) is 1. The lowest BCUT2D eigenvalue weighted by Crippen LogP contribution is -1.93. The fourth-order valence-electron chi connectivity index (χ4n) is 3.38. The predicted octanol–water partition coefficient (Wildman–Crippen LogP) is 8.61. The minimum atomic E-state index is -0.702. The van der Waals surface area contributed by atoms with E-state index in [2.05, 4.69) is 0 Å². The molecule has 0 spiro atoms. The Morgan fingerprint density at radius 3 is 1.94 bits per heavy atom. The Balaban J connectivity index is 1.53. The van der Waals surface area contributed by atoms with Crippen molar-refractivity contribution in [3.8, 4) is 22.6 Å². The monoisotopic (exact) mass is 491 g/mol. The molecule has 0 saturated carbocycles. The van der Waals surface area contributed by atoms with Gasteiger partial charge in [-0.3, -0.25) is 4.79 Å². The Bertz CT molecular complexity index is 924. The maximum atomic E-state index is 10.5. The number of hydrogen-bond acceptors (Lipinski definition) is 4. The molecule has 7 heteroatoms. The molecule has 170 valence electrons. The van der Waals surface area contributed by atoms with Crippen LogP contribution in [0.5, 0.6) is 0 Å². The van der Waals surface area contributed by atoms with Crippen LogP contribution in [0.15, 0.2) is 58.2 Å². The van der Waals surface area contributed by atoms with Gasteiger partial charge >= 0.3 is 5.97 Å². The Morgan fingerprint density at radius 1 is 0.812 bits per heavy atom. The van der Waals surface area contributed by atoms with Gasteiger partial charge < -0.3 is 9.52 Å². The third-order valence-corrected chi connectivity index (χ3v) is 6.51. The SMILES string of the molecule is O=C(O)CCCCCCCCCSc1nc(-c2ccc(Cl)cc2)c(-c2ccc(Cl)cc2)o1. The largest absolute Gasteiger partial charge is 0.481 e. The van der Waals surface area contributed by atoms with E-state index in [-0.39, 0.29) is 6.42 Å². The number of carbonyl (C=O) groups is 1. The number of oxazole rings is 1. The Morgan fingerprint density at radius 2 is 1.34 bits per heavy atom. The van der Waals surface area contributed by atoms with Crippen LogP contribution in [0.2, 0.25) is 10.0 Å². The maximum Gasteiger partial charge on any atom is 0.303 e. The van der Waals surface area contributed by atoms with Crippen LogP contribution in [0.25, 0.3) is 22.6 Å². The zero-order valence-corrected chi connectivity index (χ0v) is 20.2. The molecule has 1 aromatic heterocycles. The van der Waals surface area contributed by atoms with Gasteiger partial charge in [-0.1, -0.05) is 79.2 Å². The van der Waals surface area contributed by atoms with Crippen molar-refractivity contribution in [2.24, 2.45) is 0 Å². The number of benzene rings is 2. The number of carboxylic acid groups (broad SMARTS) is 1. The van der Waals surface area contributed by atoms with Gasteiger partial charge in [-0.05, 0) is 49.2 Å². The van der Waals surface area contributed by atoms with Crippen LogP contribution < -0.4 is 0 Å². The minimum Gasteiger partial charge on any atom is -0.481 e. The minimum absolute atomic E-state index is 0.281. The van der Waals surface area contributed by atoms with Gasteiger partial charge in [0, 0.05) is 33.3 Å². The van der Waals surface area contributed by atoms with E-state index in [1.54, 1.807) is 11.8 Å². The lowest BCUT2D eigenvalue weighted by Gasteiger charge is -2.02. The Hall–Kier alpha value is -1.95. The van der Waals surface area contributed by atoms with E-state index in [1.165, 1.54) is 6.42 Å². The topological polar surface area (TPSA) is 63.3 Å². The van der Waals surface area contributed by atoms with E-state index in [0.717, 1.165) is 66.9 Å². The van der Waals surface area contributed by atoms with Crippen molar-refractivity contribution < 1.29 is 14.3 Å². The van der Waals surface area contributed by atoms with E-state index in [4.69, 9.17) is 37.7 Å². The van der Waals surface area contributed by atoms with E-state index < -0.39 is 5.97 Å². The number of halogens is 2. The highest BCUT2D eigenvalue weighted by molar-refractivity contribution is 7.99. The van der Waals surface area contributed by atoms with Gasteiger partial charge in [0.05, 0.1) is 0 Å². The van der Waals surface area contributed by atoms with Crippen LogP contribution >= 0.6 is 35.0 Å². The smallest absolute Gasteiger partial charge is 0.303 e. The normalized spacial score (nSPS) is 11.1. The van der Waals surface area contributed by atoms with E-state index in [1.807, 2.05) is 48.5 Å². The molecular weight excluding hydrogens is 465 g/mol. The van der Waals surface area contributed by atoms with Gasteiger partial charge in [-0.25, -0.2) is 4.98 Å². The van der Waals surface area contributed by atoms with Crippen molar-refractivity contribution in [2.75, 3.05) is 5.75 Å². The molecule has 0 amide bonds. The van der Waals surface area contributed by atoms with E-state index >= 15 is 0 Å². The average Bonchev–Trinajstić information content (AvgIpc) is 3.20. The number of carboxylic acids is 1. The Labute approximate surface area is 203 Å². The highest BCUT2D eigenvalue weighted by atomic mass is 35.5. The summed E-state index contributed by atoms with van der Waals surface area (Å²) in [6.07, 6.45) is 7.74. The molecule has 0 unspecified atom stereocenters. The number of rotatable bonds is 13. The molecule has 0 atom stereocenters. The zero-order valence-electron chi connectivity index (χ0n) is 17.9. The third-order valence-electron chi connectivity index (χ3n) is 5.09. The lowest BCUT2D eigenvalue weighted by atomic mass is 10.1. The fraction of sp³-hybridized carbons (Fsp3) is 0.360. The van der Waals surface area contributed by atoms with E-state index in [0.29, 0.717) is 15.3 Å². The van der Waals surface area contributed by atoms with Gasteiger partial charge in [0.25, 0.3) is 5.22 Å². The second kappa shape index (κ2) is 12.9. The second-order valence-corrected chi connectivity index (χ2v) is 9.56. The van der Waals surface area contributed by atoms with Gasteiger partial charge in [0.15, 0.2) is 5.76 Å². The van der Waals surface area contributed by atoms with Gasteiger partial charge in [0.2, 0.25) is 0 Å². The molecule has 3 aromatic rings. The Kier molecular flexibility index (Phi) is 9.97. The molecule has 4 nitrogen and oxygen atoms in total. The average molecular weight is 492 g/mol. The van der Waals surface area contributed by atoms with Crippen molar-refractivity contribution >= 4 is 40.9 Å². The molecule has 32 heavy (non-hydrogen) atoms. The number of aromatic nitrogens is 1. The third kappa shape index (κ3) is 7.88. The summed E-state index contributed by atoms with van der Waals surface area (Å²) in [6, 6.07) is 15.2. The summed E-state index contributed by atoms with van der Waals surface area (Å²) >= 11 is 13.7. The van der Waals surface area contributed by atoms with Crippen LogP contribution in [0.3, 0.4) is 0 Å². The molecule has 1 heterocycles. The number of nitrogens with zero attached hydrogens (tertiary/aromatic N) is 1. The molecule has 1 N–H and O–H groups in total. The van der Waals surface area contributed by atoms with Crippen molar-refractivity contribution in [3.05, 3.63) is 58.6 Å². The highest BCUT2D eigenvalue weighted by Gasteiger charge is 2.17. The molecule has 0 radical (unpaired) electrons. The molecule has 3 rings (SSSR count). The molecule has 0 saturated heterocycles. The summed E-state index contributed by atoms with van der Waals surface area (Å²) in [4.78, 5) is 15.3. The lowest BCUT2D eigenvalue weighted by molar-refractivity contribution is -0.137. The summed E-state index contributed by atoms with van der Waals surface area (Å²) in [5.74, 6) is 0.972. The standard InChI is InChI=1S/C25H27Cl2NO3S/c26-20-13-9-18(10-14-20)23-24(19-11-15-21(27)16-12-19)31-25(28-23)32-17-7-5-3-1-2-4-6-8-22(29)30/h9-16H,1-8,17H2,(H,29,30). The first-order chi connectivity index (χ1) is 15.5. The van der Waals surface area contributed by atoms with E-state index in [9.17, 15) is 4.79 Å². The van der Waals surface area contributed by atoms with Crippen LogP contribution in [0, 0.1) is 0 Å². The molecule has 0 aliphatic heterocycles. The summed E-state index contributed by atoms with van der Waals surface area (Å²) in [7, 11) is 0. The summed E-state index contributed by atoms with van der Waals surface area (Å²) in [5, 5.41) is 10.7. The molecule has 0 bridgehead atoms. The van der Waals surface area contributed by atoms with Gasteiger partial charge in [-0.2, -0.15) is 0 Å². The molecular formula is C25H27Cl2NO3S. The van der Waals surface area contributed by atoms with Crippen LogP contribution in [0.4, 0.5) is 0 Å². The van der Waals surface area contributed by atoms with Crippen molar-refractivity contribution in [1.29, 1.82) is 0 Å². The van der Waals surface area contributed by atoms with Crippen molar-refractivity contribution in [3.63, 3.8) is 0 Å². The highest BCUT2D eigenvalue weighted by Crippen LogP contribution is 2.36. The maximum absolute atomic E-state index is 10.5. The fourth-order valence-corrected chi connectivity index (χ4v) is 4.46. The first kappa shape index (κ1) is 24.7. The predicted molar refractivity (Wildman–Crippen MR) is 133 cm³/mol. The first-order valence-electron chi connectivity index (χ1n) is 10.9. The summed E-state index contributed by atoms with van der Waals surface area (Å²) in [6.45, 7) is 0. The number of unbranched alkanes of at least 4 members (excludes halogenated alkanes) is 6. The van der Waals surface area contributed by atoms with Crippen LogP contribution in [-0.4, -0.2) is 21.8 Å². The zero-order chi connectivity index (χ0) is 22.8. The second-order valence-electron chi connectivity index (χ2n) is 7.64. The summed E-state index contributed by atoms with van der Waals surface area (Å²) < 4.78 is 6.14. The first-order valence-corrected chi connectivity index (χ1v) is 12.6. The quantitative estimate of drug-likeness (QED) is 0.191. The van der Waals surface area contributed by atoms with Crippen LogP contribution in [-0.2, 0) is 4.79 Å². The number of aliphatic carboxylic acids is 1. The molecule has 0 aliphatic rings. The van der Waals surface area contributed by atoms with Gasteiger partial charge in [-0.15, -0.1) is 0 Å². The molecule has 0 aliphatic carbocycles.